The maximum Gasteiger partial charge on any atom is 0.123 e. The van der Waals surface area contributed by atoms with E-state index in [0.29, 0.717) is 5.56 Å². The van der Waals surface area contributed by atoms with Gasteiger partial charge in [0.25, 0.3) is 0 Å². The molecule has 3 heteroatoms. The maximum atomic E-state index is 12.6. The number of hydrogen-bond acceptors (Lipinski definition) is 1. The van der Waals surface area contributed by atoms with Crippen LogP contribution in [0.1, 0.15) is 18.0 Å². The van der Waals surface area contributed by atoms with E-state index in [9.17, 15) is 8.78 Å². The minimum atomic E-state index is -0.475. The lowest BCUT2D eigenvalue weighted by Crippen LogP contribution is -2.10. The van der Waals surface area contributed by atoms with E-state index in [0.717, 1.165) is 0 Å². The zero-order valence-corrected chi connectivity index (χ0v) is 6.63. The van der Waals surface area contributed by atoms with Gasteiger partial charge in [0.2, 0.25) is 0 Å². The predicted octanol–water partition coefficient (Wildman–Crippen LogP) is 2.19. The molecular formula is C9H11F2N. The van der Waals surface area contributed by atoms with E-state index in [4.69, 9.17) is 5.73 Å². The number of hydrogen-bond donors (Lipinski definition) is 1. The van der Waals surface area contributed by atoms with Crippen LogP contribution in [0.25, 0.3) is 0 Å². The third-order valence-corrected chi connectivity index (χ3v) is 1.70. The minimum absolute atomic E-state index is 0.240. The fourth-order valence-corrected chi connectivity index (χ4v) is 1.02. The van der Waals surface area contributed by atoms with Gasteiger partial charge in [-0.2, -0.15) is 0 Å². The summed E-state index contributed by atoms with van der Waals surface area (Å²) in [6, 6.07) is 5.55. The summed E-state index contributed by atoms with van der Waals surface area (Å²) < 4.78 is 24.5. The van der Waals surface area contributed by atoms with Crippen LogP contribution in [0.3, 0.4) is 0 Å². The average Bonchev–Trinajstić information content (AvgIpc) is 2.05. The molecule has 1 rings (SSSR count). The molecule has 66 valence electrons. The van der Waals surface area contributed by atoms with Crippen LogP contribution >= 0.6 is 0 Å². The molecule has 0 aromatic heterocycles. The number of alkyl halides is 1. The summed E-state index contributed by atoms with van der Waals surface area (Å²) in [5.74, 6) is -0.332. The summed E-state index contributed by atoms with van der Waals surface area (Å²) in [6.45, 7) is -0.475. The van der Waals surface area contributed by atoms with Crippen molar-refractivity contribution in [1.29, 1.82) is 0 Å². The first-order valence-electron chi connectivity index (χ1n) is 3.81. The fraction of sp³-hybridized carbons (Fsp3) is 0.333. The lowest BCUT2D eigenvalue weighted by molar-refractivity contribution is 0.441. The molecule has 0 aliphatic heterocycles. The molecule has 12 heavy (non-hydrogen) atoms. The fourth-order valence-electron chi connectivity index (χ4n) is 1.02. The van der Waals surface area contributed by atoms with Gasteiger partial charge in [-0.1, -0.05) is 12.1 Å². The molecule has 0 aliphatic carbocycles. The summed E-state index contributed by atoms with van der Waals surface area (Å²) in [6.07, 6.45) is 0.240. The van der Waals surface area contributed by atoms with Gasteiger partial charge in [0.15, 0.2) is 0 Å². The summed E-state index contributed by atoms with van der Waals surface area (Å²) in [5, 5.41) is 0. The Morgan fingerprint density at radius 1 is 1.42 bits per heavy atom. The second-order valence-electron chi connectivity index (χ2n) is 2.64. The second-order valence-corrected chi connectivity index (χ2v) is 2.64. The van der Waals surface area contributed by atoms with E-state index < -0.39 is 12.7 Å². The van der Waals surface area contributed by atoms with Crippen LogP contribution in [0.4, 0.5) is 8.78 Å². The molecule has 0 unspecified atom stereocenters. The van der Waals surface area contributed by atoms with Gasteiger partial charge in [-0.05, 0) is 24.1 Å². The SMILES string of the molecule is N[C@H](CCF)c1cccc(F)c1. The van der Waals surface area contributed by atoms with Crippen molar-refractivity contribution >= 4 is 0 Å². The molecule has 0 heterocycles. The van der Waals surface area contributed by atoms with Gasteiger partial charge in [-0.3, -0.25) is 4.39 Å². The Bertz CT molecular complexity index is 250. The molecule has 0 saturated heterocycles. The number of rotatable bonds is 3. The van der Waals surface area contributed by atoms with Crippen LogP contribution in [0.15, 0.2) is 24.3 Å². The Balaban J connectivity index is 2.73. The molecule has 0 aliphatic rings. The minimum Gasteiger partial charge on any atom is -0.324 e. The molecule has 0 fully saturated rings. The van der Waals surface area contributed by atoms with Crippen molar-refractivity contribution in [2.24, 2.45) is 5.73 Å². The lowest BCUT2D eigenvalue weighted by atomic mass is 10.1. The molecule has 2 N–H and O–H groups in total. The van der Waals surface area contributed by atoms with Gasteiger partial charge >= 0.3 is 0 Å². The van der Waals surface area contributed by atoms with Crippen molar-refractivity contribution in [3.8, 4) is 0 Å². The quantitative estimate of drug-likeness (QED) is 0.741. The van der Waals surface area contributed by atoms with Crippen LogP contribution in [0.5, 0.6) is 0 Å². The number of nitrogens with two attached hydrogens (primary N) is 1. The smallest absolute Gasteiger partial charge is 0.123 e. The van der Waals surface area contributed by atoms with E-state index in [2.05, 4.69) is 0 Å². The predicted molar refractivity (Wildman–Crippen MR) is 43.9 cm³/mol. The number of benzene rings is 1. The molecule has 1 atom stereocenters. The highest BCUT2D eigenvalue weighted by Gasteiger charge is 2.05. The number of halogens is 2. The molecule has 0 saturated carbocycles. The van der Waals surface area contributed by atoms with E-state index >= 15 is 0 Å². The Kier molecular flexibility index (Phi) is 3.17. The Morgan fingerprint density at radius 2 is 2.17 bits per heavy atom. The molecular weight excluding hydrogens is 160 g/mol. The van der Waals surface area contributed by atoms with E-state index in [-0.39, 0.29) is 12.2 Å². The highest BCUT2D eigenvalue weighted by molar-refractivity contribution is 5.19. The first-order valence-corrected chi connectivity index (χ1v) is 3.81. The average molecular weight is 171 g/mol. The summed E-state index contributed by atoms with van der Waals surface area (Å²) in [5.41, 5.74) is 6.21. The molecule has 0 amide bonds. The van der Waals surface area contributed by atoms with Crippen LogP contribution in [0, 0.1) is 5.82 Å². The topological polar surface area (TPSA) is 26.0 Å². The van der Waals surface area contributed by atoms with Crippen molar-refractivity contribution in [3.63, 3.8) is 0 Å². The van der Waals surface area contributed by atoms with Gasteiger partial charge < -0.3 is 5.73 Å². The third-order valence-electron chi connectivity index (χ3n) is 1.70. The maximum absolute atomic E-state index is 12.6. The highest BCUT2D eigenvalue weighted by atomic mass is 19.1. The van der Waals surface area contributed by atoms with Gasteiger partial charge in [0.05, 0.1) is 6.67 Å². The second kappa shape index (κ2) is 4.16. The summed E-state index contributed by atoms with van der Waals surface area (Å²) in [4.78, 5) is 0. The summed E-state index contributed by atoms with van der Waals surface area (Å²) >= 11 is 0. The normalized spacial score (nSPS) is 12.9. The van der Waals surface area contributed by atoms with Crippen LogP contribution < -0.4 is 5.73 Å². The third kappa shape index (κ3) is 2.27. The first kappa shape index (κ1) is 9.13. The van der Waals surface area contributed by atoms with Crippen molar-refractivity contribution in [3.05, 3.63) is 35.6 Å². The van der Waals surface area contributed by atoms with Crippen LogP contribution in [-0.2, 0) is 0 Å². The van der Waals surface area contributed by atoms with Crippen LogP contribution in [0.2, 0.25) is 0 Å². The van der Waals surface area contributed by atoms with E-state index in [1.54, 1.807) is 12.1 Å². The van der Waals surface area contributed by atoms with Crippen molar-refractivity contribution in [2.45, 2.75) is 12.5 Å². The molecule has 1 aromatic carbocycles. The monoisotopic (exact) mass is 171 g/mol. The van der Waals surface area contributed by atoms with Gasteiger partial charge in [-0.15, -0.1) is 0 Å². The van der Waals surface area contributed by atoms with Crippen molar-refractivity contribution in [2.75, 3.05) is 6.67 Å². The molecule has 0 bridgehead atoms. The Morgan fingerprint density at radius 3 is 2.75 bits per heavy atom. The zero-order chi connectivity index (χ0) is 8.97. The molecule has 0 spiro atoms. The summed E-state index contributed by atoms with van der Waals surface area (Å²) in [7, 11) is 0. The highest BCUT2D eigenvalue weighted by Crippen LogP contribution is 2.14. The van der Waals surface area contributed by atoms with E-state index in [1.165, 1.54) is 12.1 Å². The Labute approximate surface area is 70.2 Å². The Hall–Kier alpha value is -0.960. The lowest BCUT2D eigenvalue weighted by Gasteiger charge is -2.08. The van der Waals surface area contributed by atoms with Gasteiger partial charge in [0.1, 0.15) is 5.82 Å². The zero-order valence-electron chi connectivity index (χ0n) is 6.63. The van der Waals surface area contributed by atoms with Crippen LogP contribution in [-0.4, -0.2) is 6.67 Å². The largest absolute Gasteiger partial charge is 0.324 e. The first-order chi connectivity index (χ1) is 5.74. The standard InChI is InChI=1S/C9H11F2N/c10-5-4-9(12)7-2-1-3-8(11)6-7/h1-3,6,9H,4-5,12H2/t9-/m1/s1. The van der Waals surface area contributed by atoms with E-state index in [1.807, 2.05) is 0 Å². The molecule has 1 aromatic rings. The van der Waals surface area contributed by atoms with Crippen molar-refractivity contribution < 1.29 is 8.78 Å². The molecule has 0 radical (unpaired) electrons. The van der Waals surface area contributed by atoms with Gasteiger partial charge in [0, 0.05) is 6.04 Å². The molecule has 1 nitrogen and oxygen atoms in total. The van der Waals surface area contributed by atoms with Gasteiger partial charge in [-0.25, -0.2) is 4.39 Å². The van der Waals surface area contributed by atoms with Crippen molar-refractivity contribution in [1.82, 2.24) is 0 Å².